The minimum atomic E-state index is -1.33. The number of esters is 2. The Hall–Kier alpha value is -4.06. The van der Waals surface area contributed by atoms with E-state index >= 15 is 0 Å². The Morgan fingerprint density at radius 2 is 1.10 bits per heavy atom. The number of carbonyl (C=O) groups is 3. The van der Waals surface area contributed by atoms with Crippen LogP contribution in [-0.4, -0.2) is 98.9 Å². The van der Waals surface area contributed by atoms with E-state index in [1.807, 2.05) is 19.1 Å². The lowest BCUT2D eigenvalue weighted by atomic mass is 9.83. The predicted molar refractivity (Wildman–Crippen MR) is 259 cm³/mol. The third kappa shape index (κ3) is 18.5. The van der Waals surface area contributed by atoms with Crippen LogP contribution in [0.15, 0.2) is 36.4 Å². The highest BCUT2D eigenvalue weighted by atomic mass is 28.3. The van der Waals surface area contributed by atoms with Crippen molar-refractivity contribution in [3.05, 3.63) is 86.5 Å². The lowest BCUT2D eigenvalue weighted by Gasteiger charge is -2.17. The van der Waals surface area contributed by atoms with E-state index in [0.29, 0.717) is 78.0 Å². The van der Waals surface area contributed by atoms with Gasteiger partial charge in [-0.3, -0.25) is 0 Å². The number of fused-ring (bicyclic) bond motifs is 2. The Balaban J connectivity index is 0.000000472. The molecule has 0 unspecified atom stereocenters. The second-order valence-electron chi connectivity index (χ2n) is 18.2. The number of ether oxygens (including phenoxy) is 2. The van der Waals surface area contributed by atoms with Gasteiger partial charge in [-0.1, -0.05) is 78.8 Å². The predicted octanol–water partition coefficient (Wildman–Crippen LogP) is 8.67. The molecule has 0 aliphatic carbocycles. The molecular formula is C45H73B3O13Si2. The molecule has 2 heterocycles. The quantitative estimate of drug-likeness (QED) is 0.0702. The van der Waals surface area contributed by atoms with Crippen molar-refractivity contribution < 1.29 is 63.5 Å². The Kier molecular flexibility index (Phi) is 23.5. The molecule has 0 fully saturated rings. The van der Waals surface area contributed by atoms with Gasteiger partial charge < -0.3 is 49.1 Å². The van der Waals surface area contributed by atoms with Gasteiger partial charge in [0.2, 0.25) is 0 Å². The van der Waals surface area contributed by atoms with E-state index in [2.05, 4.69) is 39.3 Å². The smallest absolute Gasteiger partial charge is 0.522 e. The number of aromatic carboxylic acids is 1. The summed E-state index contributed by atoms with van der Waals surface area (Å²) in [7, 11) is -5.42. The second kappa shape index (κ2) is 26.0. The number of rotatable bonds is 13. The molecule has 5 rings (SSSR count). The van der Waals surface area contributed by atoms with Gasteiger partial charge in [-0.2, -0.15) is 0 Å². The molecule has 63 heavy (non-hydrogen) atoms. The first-order valence-corrected chi connectivity index (χ1v) is 28.6. The van der Waals surface area contributed by atoms with Crippen molar-refractivity contribution in [2.75, 3.05) is 13.2 Å². The number of carboxylic acid groups (broad SMARTS) is 1. The third-order valence-corrected chi connectivity index (χ3v) is 13.9. The van der Waals surface area contributed by atoms with Crippen molar-refractivity contribution in [1.82, 2.24) is 0 Å². The van der Waals surface area contributed by atoms with Crippen LogP contribution in [0.1, 0.15) is 98.6 Å². The number of carbonyl (C=O) groups excluding carboxylic acids is 2. The molecule has 0 aromatic heterocycles. The monoisotopic (exact) mass is 910 g/mol. The van der Waals surface area contributed by atoms with Gasteiger partial charge in [-0.15, -0.1) is 0 Å². The normalized spacial score (nSPS) is 13.2. The maximum atomic E-state index is 12.3. The van der Waals surface area contributed by atoms with E-state index in [-0.39, 0.29) is 38.5 Å². The van der Waals surface area contributed by atoms with Crippen LogP contribution in [-0.2, 0) is 28.7 Å². The highest BCUT2D eigenvalue weighted by Crippen LogP contribution is 2.33. The standard InChI is InChI=1S/C16H27BO5Si.C16H25BO4Si.C11H13BO4.2CH4/c1-12-14(16(19)22-10-11-23(2,3)4)8-7-13(15(12)18)6-5-9-17(20)21;1-12-14(16(18)20-10-11-22(2,3)4)8-7-13-6-5-9-17(19)21-15(12)13;1-7-9(11(13)14)5-4-8-3-2-6-12(15)16-10(7)8;;/h7-8,18,20-21H,5-6,9-11H2,1-4H3;7-8,19H,5-6,9-11H2,1-4H3;4-5,15H,2-3,6H2,1H3,(H,13,14);2*1H4. The molecular weight excluding hydrogens is 837 g/mol. The first-order valence-electron chi connectivity index (χ1n) is 21.2. The van der Waals surface area contributed by atoms with Crippen LogP contribution in [0.2, 0.25) is 70.3 Å². The second-order valence-corrected chi connectivity index (χ2v) is 29.4. The van der Waals surface area contributed by atoms with Crippen LogP contribution < -0.4 is 9.31 Å². The zero-order valence-corrected chi connectivity index (χ0v) is 39.4. The van der Waals surface area contributed by atoms with Gasteiger partial charge in [-0.25, -0.2) is 14.4 Å². The molecule has 0 saturated carbocycles. The van der Waals surface area contributed by atoms with E-state index < -0.39 is 49.4 Å². The summed E-state index contributed by atoms with van der Waals surface area (Å²) in [5.41, 5.74) is 5.71. The van der Waals surface area contributed by atoms with Gasteiger partial charge >= 0.3 is 39.3 Å². The van der Waals surface area contributed by atoms with Gasteiger partial charge in [0, 0.05) is 32.8 Å². The minimum absolute atomic E-state index is 0. The highest BCUT2D eigenvalue weighted by Gasteiger charge is 2.27. The minimum Gasteiger partial charge on any atom is -0.536 e. The molecule has 2 aliphatic heterocycles. The third-order valence-electron chi connectivity index (χ3n) is 10.5. The summed E-state index contributed by atoms with van der Waals surface area (Å²) in [4.78, 5) is 35.4. The average Bonchev–Trinajstić information content (AvgIpc) is 3.47. The van der Waals surface area contributed by atoms with E-state index in [0.717, 1.165) is 54.5 Å². The Labute approximate surface area is 379 Å². The van der Waals surface area contributed by atoms with Gasteiger partial charge in [0.1, 0.15) is 17.2 Å². The molecule has 0 amide bonds. The Morgan fingerprint density at radius 3 is 1.52 bits per heavy atom. The largest absolute Gasteiger partial charge is 0.536 e. The summed E-state index contributed by atoms with van der Waals surface area (Å²) < 4.78 is 21.7. The lowest BCUT2D eigenvalue weighted by Crippen LogP contribution is -2.23. The molecule has 2 aliphatic rings. The summed E-state index contributed by atoms with van der Waals surface area (Å²) in [6.45, 7) is 19.5. The SMILES string of the molecule is C.C.Cc1c(C(=O)O)ccc2c1OB(O)CCC2.Cc1c(C(=O)OCC[Si](C)(C)C)ccc(CCCB(O)O)c1O.Cc1c(C(=O)OCC[Si](C)(C)C)ccc2c1OB(O)CCC2. The molecule has 3 aromatic carbocycles. The van der Waals surface area contributed by atoms with Crippen molar-refractivity contribution in [2.45, 2.75) is 144 Å². The molecule has 18 heteroatoms. The summed E-state index contributed by atoms with van der Waals surface area (Å²) in [5.74, 6) is -0.427. The number of carboxylic acids is 1. The molecule has 0 atom stereocenters. The molecule has 0 spiro atoms. The van der Waals surface area contributed by atoms with Gasteiger partial charge in [0.25, 0.3) is 0 Å². The van der Waals surface area contributed by atoms with Crippen LogP contribution in [0, 0.1) is 20.8 Å². The number of phenolic OH excluding ortho intramolecular Hbond substituents is 1. The molecule has 3 aromatic rings. The van der Waals surface area contributed by atoms with Crippen molar-refractivity contribution in [2.24, 2.45) is 0 Å². The average molecular weight is 911 g/mol. The zero-order chi connectivity index (χ0) is 45.7. The molecule has 6 N–H and O–H groups in total. The number of hydrogen-bond donors (Lipinski definition) is 6. The van der Waals surface area contributed by atoms with Crippen LogP contribution in [0.4, 0.5) is 0 Å². The summed E-state index contributed by atoms with van der Waals surface area (Å²) in [5, 5.41) is 56.2. The van der Waals surface area contributed by atoms with E-state index in [1.54, 1.807) is 38.1 Å². The number of aromatic hydroxyl groups is 1. The van der Waals surface area contributed by atoms with Gasteiger partial charge in [-0.05, 0) is 119 Å². The van der Waals surface area contributed by atoms with Crippen LogP contribution in [0.3, 0.4) is 0 Å². The molecule has 348 valence electrons. The molecule has 13 nitrogen and oxygen atoms in total. The van der Waals surface area contributed by atoms with Crippen LogP contribution in [0.5, 0.6) is 17.2 Å². The lowest BCUT2D eigenvalue weighted by molar-refractivity contribution is 0.0514. The highest BCUT2D eigenvalue weighted by molar-refractivity contribution is 6.76. The van der Waals surface area contributed by atoms with E-state index in [1.165, 1.54) is 0 Å². The maximum Gasteiger partial charge on any atom is 0.522 e. The van der Waals surface area contributed by atoms with E-state index in [4.69, 9.17) is 33.9 Å². The van der Waals surface area contributed by atoms with Crippen LogP contribution >= 0.6 is 0 Å². The topological polar surface area (TPSA) is 210 Å². The maximum absolute atomic E-state index is 12.3. The number of phenols is 1. The van der Waals surface area contributed by atoms with Gasteiger partial charge in [0.05, 0.1) is 29.9 Å². The molecule has 0 saturated heterocycles. The zero-order valence-electron chi connectivity index (χ0n) is 37.4. The number of hydrogen-bond acceptors (Lipinski definition) is 12. The fourth-order valence-corrected chi connectivity index (χ4v) is 8.13. The summed E-state index contributed by atoms with van der Waals surface area (Å²) in [6.07, 6.45) is 5.92. The Bertz CT molecular complexity index is 1970. The fraction of sp³-hybridized carbons (Fsp3) is 0.533. The van der Waals surface area contributed by atoms with Crippen LogP contribution in [0.25, 0.3) is 0 Å². The molecule has 0 bridgehead atoms. The number of benzene rings is 3. The molecule has 0 radical (unpaired) electrons. The van der Waals surface area contributed by atoms with Crippen molar-refractivity contribution in [1.29, 1.82) is 0 Å². The number of aryl methyl sites for hydroxylation is 3. The van der Waals surface area contributed by atoms with E-state index in [9.17, 15) is 29.5 Å². The van der Waals surface area contributed by atoms with Gasteiger partial charge in [0.15, 0.2) is 0 Å². The van der Waals surface area contributed by atoms with Crippen molar-refractivity contribution in [3.8, 4) is 17.2 Å². The van der Waals surface area contributed by atoms with Crippen molar-refractivity contribution in [3.63, 3.8) is 0 Å². The Morgan fingerprint density at radius 1 is 0.683 bits per heavy atom. The summed E-state index contributed by atoms with van der Waals surface area (Å²) in [6, 6.07) is 12.3. The van der Waals surface area contributed by atoms with Crippen molar-refractivity contribution >= 4 is 55.4 Å². The first-order chi connectivity index (χ1) is 28.5. The fourth-order valence-electron chi connectivity index (χ4n) is 6.70. The first kappa shape index (κ1) is 57.0. The summed E-state index contributed by atoms with van der Waals surface area (Å²) >= 11 is 0.